The minimum atomic E-state index is -0.586. The summed E-state index contributed by atoms with van der Waals surface area (Å²) in [7, 11) is 1.66. The lowest BCUT2D eigenvalue weighted by Gasteiger charge is -2.40. The minimum absolute atomic E-state index is 0.0727. The van der Waals surface area contributed by atoms with Crippen molar-refractivity contribution < 1.29 is 14.7 Å². The molecule has 0 aliphatic carbocycles. The highest BCUT2D eigenvalue weighted by molar-refractivity contribution is 9.10. The van der Waals surface area contributed by atoms with Gasteiger partial charge < -0.3 is 14.9 Å². The summed E-state index contributed by atoms with van der Waals surface area (Å²) in [6, 6.07) is 6.88. The summed E-state index contributed by atoms with van der Waals surface area (Å²) >= 11 is 3.44. The van der Waals surface area contributed by atoms with Crippen LogP contribution in [-0.2, 0) is 4.79 Å². The third-order valence-electron chi connectivity index (χ3n) is 5.01. The largest absolute Gasteiger partial charge is 0.396 e. The number of hydrogen-bond acceptors (Lipinski definition) is 6. The number of amides is 3. The normalized spacial score (nSPS) is 24.3. The molecule has 2 unspecified atom stereocenters. The zero-order valence-corrected chi connectivity index (χ0v) is 16.6. The standard InChI is InChI=1S/C18H20BrN5O3/c1-11-10-23-14-15(21(2)18(27)22(16(14)26)8-3-9-25)20-17(23)24(11)13-6-4-12(19)5-7-13/h4-7,10,14-15,25H,3,8-9H2,1-2H3. The van der Waals surface area contributed by atoms with Crippen molar-refractivity contribution >= 4 is 39.5 Å². The number of imide groups is 1. The number of aliphatic hydroxyl groups excluding tert-OH is 1. The van der Waals surface area contributed by atoms with E-state index in [1.165, 1.54) is 9.80 Å². The molecule has 3 aliphatic rings. The van der Waals surface area contributed by atoms with Crippen molar-refractivity contribution in [3.63, 3.8) is 0 Å². The van der Waals surface area contributed by atoms with Crippen molar-refractivity contribution in [2.75, 3.05) is 25.1 Å². The number of hydrogen-bond donors (Lipinski definition) is 1. The molecule has 8 nitrogen and oxygen atoms in total. The SMILES string of the molecule is CC1=CN2C(=NC3C2C(=O)N(CCCO)C(=O)N3C)N1c1ccc(Br)cc1. The number of fused-ring (bicyclic) bond motifs is 3. The molecule has 1 saturated heterocycles. The Morgan fingerprint density at radius 1 is 1.22 bits per heavy atom. The second kappa shape index (κ2) is 6.65. The molecule has 0 saturated carbocycles. The van der Waals surface area contributed by atoms with Crippen LogP contribution < -0.4 is 4.90 Å². The second-order valence-electron chi connectivity index (χ2n) is 6.74. The van der Waals surface area contributed by atoms with Crippen LogP contribution in [0.4, 0.5) is 10.5 Å². The Kier molecular flexibility index (Phi) is 4.43. The van der Waals surface area contributed by atoms with E-state index >= 15 is 0 Å². The van der Waals surface area contributed by atoms with E-state index in [1.54, 1.807) is 7.05 Å². The number of aliphatic imine (C=N–C) groups is 1. The average Bonchev–Trinajstić information content (AvgIpc) is 3.15. The molecule has 3 heterocycles. The molecule has 1 aromatic rings. The molecular formula is C18H20BrN5O3. The van der Waals surface area contributed by atoms with E-state index in [-0.39, 0.29) is 25.1 Å². The molecule has 0 aromatic heterocycles. The summed E-state index contributed by atoms with van der Waals surface area (Å²) < 4.78 is 0.978. The Balaban J connectivity index is 1.68. The third-order valence-corrected chi connectivity index (χ3v) is 5.54. The number of nitrogens with zero attached hydrogens (tertiary/aromatic N) is 5. The fourth-order valence-electron chi connectivity index (χ4n) is 3.70. The van der Waals surface area contributed by atoms with E-state index in [1.807, 2.05) is 47.2 Å². The zero-order valence-electron chi connectivity index (χ0n) is 15.0. The van der Waals surface area contributed by atoms with E-state index in [0.717, 1.165) is 15.9 Å². The predicted molar refractivity (Wildman–Crippen MR) is 104 cm³/mol. The molecule has 4 rings (SSSR count). The Labute approximate surface area is 165 Å². The van der Waals surface area contributed by atoms with Crippen LogP contribution >= 0.6 is 15.9 Å². The maximum atomic E-state index is 13.0. The molecule has 142 valence electrons. The highest BCUT2D eigenvalue weighted by atomic mass is 79.9. The Morgan fingerprint density at radius 2 is 1.93 bits per heavy atom. The van der Waals surface area contributed by atoms with Gasteiger partial charge in [0.2, 0.25) is 5.96 Å². The van der Waals surface area contributed by atoms with E-state index in [0.29, 0.717) is 12.4 Å². The van der Waals surface area contributed by atoms with Crippen LogP contribution in [0.3, 0.4) is 0 Å². The van der Waals surface area contributed by atoms with Gasteiger partial charge in [-0.05, 0) is 37.6 Å². The summed E-state index contributed by atoms with van der Waals surface area (Å²) in [5.41, 5.74) is 1.88. The molecule has 1 aromatic carbocycles. The van der Waals surface area contributed by atoms with E-state index in [9.17, 15) is 9.59 Å². The molecule has 2 atom stereocenters. The maximum absolute atomic E-state index is 13.0. The number of aliphatic hydroxyl groups is 1. The highest BCUT2D eigenvalue weighted by Crippen LogP contribution is 2.36. The van der Waals surface area contributed by atoms with Gasteiger partial charge in [-0.15, -0.1) is 0 Å². The molecule has 9 heteroatoms. The van der Waals surface area contributed by atoms with Crippen LogP contribution in [0.1, 0.15) is 13.3 Å². The Bertz CT molecular complexity index is 853. The summed E-state index contributed by atoms with van der Waals surface area (Å²) in [5, 5.41) is 9.07. The number of carbonyl (C=O) groups is 2. The first-order valence-corrected chi connectivity index (χ1v) is 9.52. The van der Waals surface area contributed by atoms with Gasteiger partial charge >= 0.3 is 6.03 Å². The summed E-state index contributed by atoms with van der Waals surface area (Å²) in [6.45, 7) is 2.09. The Hall–Kier alpha value is -2.39. The monoisotopic (exact) mass is 433 g/mol. The molecule has 1 fully saturated rings. The highest BCUT2D eigenvalue weighted by Gasteiger charge is 2.54. The first-order valence-electron chi connectivity index (χ1n) is 8.73. The lowest BCUT2D eigenvalue weighted by molar-refractivity contribution is -0.136. The number of halogens is 1. The lowest BCUT2D eigenvalue weighted by atomic mass is 10.1. The first-order chi connectivity index (χ1) is 12.9. The van der Waals surface area contributed by atoms with Gasteiger partial charge in [-0.1, -0.05) is 15.9 Å². The van der Waals surface area contributed by atoms with E-state index in [2.05, 4.69) is 15.9 Å². The lowest BCUT2D eigenvalue weighted by Crippen LogP contribution is -2.64. The van der Waals surface area contributed by atoms with E-state index < -0.39 is 12.2 Å². The van der Waals surface area contributed by atoms with Gasteiger partial charge in [0.05, 0.1) is 0 Å². The predicted octanol–water partition coefficient (Wildman–Crippen LogP) is 1.77. The average molecular weight is 434 g/mol. The van der Waals surface area contributed by atoms with Crippen LogP contribution in [0.2, 0.25) is 0 Å². The molecule has 0 radical (unpaired) electrons. The molecule has 1 N–H and O–H groups in total. The van der Waals surface area contributed by atoms with Gasteiger partial charge in [0.1, 0.15) is 0 Å². The molecular weight excluding hydrogens is 414 g/mol. The number of rotatable bonds is 4. The Morgan fingerprint density at radius 3 is 2.59 bits per heavy atom. The number of urea groups is 1. The molecule has 0 bridgehead atoms. The van der Waals surface area contributed by atoms with Crippen molar-refractivity contribution in [3.05, 3.63) is 40.6 Å². The van der Waals surface area contributed by atoms with Gasteiger partial charge in [0.15, 0.2) is 12.2 Å². The van der Waals surface area contributed by atoms with Crippen molar-refractivity contribution in [1.82, 2.24) is 14.7 Å². The van der Waals surface area contributed by atoms with Gasteiger partial charge in [0, 0.05) is 42.3 Å². The smallest absolute Gasteiger partial charge is 0.328 e. The first kappa shape index (κ1) is 18.0. The number of likely N-dealkylation sites (N-methyl/N-ethyl adjacent to an activating group) is 1. The van der Waals surface area contributed by atoms with E-state index in [4.69, 9.17) is 10.1 Å². The van der Waals surface area contributed by atoms with Crippen LogP contribution in [0.15, 0.2) is 45.6 Å². The van der Waals surface area contributed by atoms with Crippen LogP contribution in [-0.4, -0.2) is 70.1 Å². The van der Waals surface area contributed by atoms with Gasteiger partial charge in [-0.25, -0.2) is 9.79 Å². The quantitative estimate of drug-likeness (QED) is 0.782. The minimum Gasteiger partial charge on any atom is -0.396 e. The van der Waals surface area contributed by atoms with Crippen LogP contribution in [0.25, 0.3) is 0 Å². The summed E-state index contributed by atoms with van der Waals surface area (Å²) in [4.78, 5) is 36.9. The summed E-state index contributed by atoms with van der Waals surface area (Å²) in [5.74, 6) is 0.360. The molecule has 0 spiro atoms. The van der Waals surface area contributed by atoms with Crippen molar-refractivity contribution in [1.29, 1.82) is 0 Å². The van der Waals surface area contributed by atoms with Crippen molar-refractivity contribution in [2.24, 2.45) is 4.99 Å². The van der Waals surface area contributed by atoms with Crippen LogP contribution in [0, 0.1) is 0 Å². The number of guanidine groups is 1. The van der Waals surface area contributed by atoms with Gasteiger partial charge in [0.25, 0.3) is 5.91 Å². The fourth-order valence-corrected chi connectivity index (χ4v) is 3.96. The van der Waals surface area contributed by atoms with Gasteiger partial charge in [-0.2, -0.15) is 0 Å². The third kappa shape index (κ3) is 2.72. The number of benzene rings is 1. The topological polar surface area (TPSA) is 79.7 Å². The second-order valence-corrected chi connectivity index (χ2v) is 7.65. The molecule has 3 amide bonds. The number of carbonyl (C=O) groups excluding carboxylic acids is 2. The number of allylic oxidation sites excluding steroid dienone is 1. The number of anilines is 1. The zero-order chi connectivity index (χ0) is 19.3. The van der Waals surface area contributed by atoms with Crippen LogP contribution in [0.5, 0.6) is 0 Å². The summed E-state index contributed by atoms with van der Waals surface area (Å²) in [6.07, 6.45) is 1.70. The van der Waals surface area contributed by atoms with Crippen molar-refractivity contribution in [3.8, 4) is 0 Å². The maximum Gasteiger partial charge on any atom is 0.328 e. The fraction of sp³-hybridized carbons (Fsp3) is 0.389. The molecule has 27 heavy (non-hydrogen) atoms. The van der Waals surface area contributed by atoms with Crippen molar-refractivity contribution in [2.45, 2.75) is 25.6 Å². The van der Waals surface area contributed by atoms with Gasteiger partial charge in [-0.3, -0.25) is 14.6 Å². The molecule has 3 aliphatic heterocycles.